The summed E-state index contributed by atoms with van der Waals surface area (Å²) in [4.78, 5) is -0.410. The van der Waals surface area contributed by atoms with E-state index in [1.165, 1.54) is 12.1 Å². The molecule has 1 rings (SSSR count). The van der Waals surface area contributed by atoms with Gasteiger partial charge in [-0.1, -0.05) is 15.9 Å². The summed E-state index contributed by atoms with van der Waals surface area (Å²) >= 11 is 3.07. The van der Waals surface area contributed by atoms with Gasteiger partial charge in [0, 0.05) is 17.7 Å². The van der Waals surface area contributed by atoms with Crippen LogP contribution in [0.3, 0.4) is 0 Å². The van der Waals surface area contributed by atoms with Crippen LogP contribution < -0.4 is 4.72 Å². The van der Waals surface area contributed by atoms with Crippen LogP contribution in [0.4, 0.5) is 4.39 Å². The van der Waals surface area contributed by atoms with E-state index in [9.17, 15) is 12.8 Å². The van der Waals surface area contributed by atoms with E-state index in [0.29, 0.717) is 17.7 Å². The fourth-order valence-electron chi connectivity index (χ4n) is 1.49. The number of benzene rings is 1. The topological polar surface area (TPSA) is 64.6 Å². The molecule has 0 aliphatic rings. The minimum atomic E-state index is -3.95. The van der Waals surface area contributed by atoms with Crippen molar-refractivity contribution in [3.05, 3.63) is 28.5 Å². The molecule has 0 spiro atoms. The maximum Gasteiger partial charge on any atom is 0.243 e. The van der Waals surface area contributed by atoms with Crippen LogP contribution in [0.5, 0.6) is 0 Å². The molecule has 1 aromatic carbocycles. The summed E-state index contributed by atoms with van der Waals surface area (Å²) in [5.74, 6) is -0.823. The van der Waals surface area contributed by atoms with E-state index in [1.54, 1.807) is 13.8 Å². The Kier molecular flexibility index (Phi) is 7.04. The average molecular weight is 370 g/mol. The Labute approximate surface area is 126 Å². The highest BCUT2D eigenvalue weighted by molar-refractivity contribution is 9.10. The first-order chi connectivity index (χ1) is 9.40. The summed E-state index contributed by atoms with van der Waals surface area (Å²) in [7, 11) is -3.95. The van der Waals surface area contributed by atoms with Crippen LogP contribution in [0.15, 0.2) is 27.6 Å². The number of halogens is 2. The van der Waals surface area contributed by atoms with Gasteiger partial charge < -0.3 is 9.47 Å². The summed E-state index contributed by atoms with van der Waals surface area (Å²) < 4.78 is 50.8. The third-order valence-electron chi connectivity index (χ3n) is 2.33. The molecule has 0 saturated heterocycles. The highest BCUT2D eigenvalue weighted by atomic mass is 79.9. The van der Waals surface area contributed by atoms with Crippen molar-refractivity contribution < 1.29 is 22.3 Å². The van der Waals surface area contributed by atoms with Crippen LogP contribution in [0.2, 0.25) is 0 Å². The Hall–Kier alpha value is -0.540. The fraction of sp³-hybridized carbons (Fsp3) is 0.500. The molecular weight excluding hydrogens is 353 g/mol. The highest BCUT2D eigenvalue weighted by Crippen LogP contribution is 2.19. The molecule has 0 bridgehead atoms. The van der Waals surface area contributed by atoms with E-state index < -0.39 is 27.0 Å². The lowest BCUT2D eigenvalue weighted by Crippen LogP contribution is -2.35. The van der Waals surface area contributed by atoms with Gasteiger partial charge in [-0.15, -0.1) is 0 Å². The molecule has 114 valence electrons. The molecule has 0 amide bonds. The number of sulfonamides is 1. The second-order valence-corrected chi connectivity index (χ2v) is 6.42. The smallest absolute Gasteiger partial charge is 0.243 e. The van der Waals surface area contributed by atoms with Gasteiger partial charge in [0.15, 0.2) is 6.29 Å². The van der Waals surface area contributed by atoms with Crippen LogP contribution >= 0.6 is 15.9 Å². The van der Waals surface area contributed by atoms with Crippen LogP contribution in [-0.4, -0.2) is 34.5 Å². The van der Waals surface area contributed by atoms with Crippen molar-refractivity contribution in [2.24, 2.45) is 0 Å². The fourth-order valence-corrected chi connectivity index (χ4v) is 2.89. The SMILES string of the molecule is CCOC(CNS(=O)(=O)c1ccc(Br)cc1F)OCC. The summed E-state index contributed by atoms with van der Waals surface area (Å²) in [6, 6.07) is 3.75. The average Bonchev–Trinajstić information content (AvgIpc) is 2.36. The van der Waals surface area contributed by atoms with E-state index in [1.807, 2.05) is 0 Å². The van der Waals surface area contributed by atoms with Gasteiger partial charge in [0.2, 0.25) is 10.0 Å². The minimum absolute atomic E-state index is 0.0838. The predicted octanol–water partition coefficient (Wildman–Crippen LogP) is 2.27. The number of hydrogen-bond acceptors (Lipinski definition) is 4. The van der Waals surface area contributed by atoms with E-state index in [2.05, 4.69) is 20.7 Å². The third kappa shape index (κ3) is 5.10. The summed E-state index contributed by atoms with van der Waals surface area (Å²) in [5.41, 5.74) is 0. The predicted molar refractivity (Wildman–Crippen MR) is 76.3 cm³/mol. The van der Waals surface area contributed by atoms with Gasteiger partial charge in [-0.05, 0) is 32.0 Å². The molecule has 0 aromatic heterocycles. The molecule has 0 fully saturated rings. The minimum Gasteiger partial charge on any atom is -0.352 e. The maximum atomic E-state index is 13.7. The molecule has 0 saturated carbocycles. The lowest BCUT2D eigenvalue weighted by atomic mass is 10.3. The quantitative estimate of drug-likeness (QED) is 0.713. The highest BCUT2D eigenvalue weighted by Gasteiger charge is 2.21. The zero-order valence-corrected chi connectivity index (χ0v) is 13.6. The second-order valence-electron chi connectivity index (χ2n) is 3.77. The van der Waals surface area contributed by atoms with Crippen LogP contribution in [-0.2, 0) is 19.5 Å². The van der Waals surface area contributed by atoms with Gasteiger partial charge in [0.05, 0.1) is 6.54 Å². The lowest BCUT2D eigenvalue weighted by molar-refractivity contribution is -0.130. The number of ether oxygens (including phenoxy) is 2. The van der Waals surface area contributed by atoms with E-state index in [0.717, 1.165) is 6.07 Å². The van der Waals surface area contributed by atoms with Crippen LogP contribution in [0.25, 0.3) is 0 Å². The van der Waals surface area contributed by atoms with Crippen molar-refractivity contribution in [2.45, 2.75) is 25.0 Å². The van der Waals surface area contributed by atoms with Crippen molar-refractivity contribution in [1.29, 1.82) is 0 Å². The molecule has 1 N–H and O–H groups in total. The molecule has 0 radical (unpaired) electrons. The van der Waals surface area contributed by atoms with Crippen molar-refractivity contribution >= 4 is 26.0 Å². The Balaban J connectivity index is 2.78. The van der Waals surface area contributed by atoms with Gasteiger partial charge in [0.1, 0.15) is 10.7 Å². The van der Waals surface area contributed by atoms with Gasteiger partial charge in [-0.3, -0.25) is 0 Å². The second kappa shape index (κ2) is 8.04. The Morgan fingerprint density at radius 1 is 1.30 bits per heavy atom. The molecule has 1 aromatic rings. The van der Waals surface area contributed by atoms with Crippen LogP contribution in [0.1, 0.15) is 13.8 Å². The third-order valence-corrected chi connectivity index (χ3v) is 4.28. The molecule has 0 unspecified atom stereocenters. The Morgan fingerprint density at radius 2 is 1.90 bits per heavy atom. The van der Waals surface area contributed by atoms with E-state index in [4.69, 9.17) is 9.47 Å². The zero-order valence-electron chi connectivity index (χ0n) is 11.2. The van der Waals surface area contributed by atoms with Crippen molar-refractivity contribution in [3.8, 4) is 0 Å². The lowest BCUT2D eigenvalue weighted by Gasteiger charge is -2.17. The summed E-state index contributed by atoms with van der Waals surface area (Å²) in [5, 5.41) is 0. The van der Waals surface area contributed by atoms with Crippen molar-refractivity contribution in [1.82, 2.24) is 4.72 Å². The van der Waals surface area contributed by atoms with Gasteiger partial charge in [-0.25, -0.2) is 17.5 Å². The molecule has 0 atom stereocenters. The zero-order chi connectivity index (χ0) is 15.2. The number of hydrogen-bond donors (Lipinski definition) is 1. The molecule has 8 heteroatoms. The first kappa shape index (κ1) is 17.5. The Morgan fingerprint density at radius 3 is 2.40 bits per heavy atom. The van der Waals surface area contributed by atoms with Gasteiger partial charge in [0.25, 0.3) is 0 Å². The summed E-state index contributed by atoms with van der Waals surface area (Å²) in [6.07, 6.45) is -0.696. The van der Waals surface area contributed by atoms with Gasteiger partial charge >= 0.3 is 0 Å². The first-order valence-corrected chi connectivity index (χ1v) is 8.36. The first-order valence-electron chi connectivity index (χ1n) is 6.08. The van der Waals surface area contributed by atoms with Gasteiger partial charge in [-0.2, -0.15) is 0 Å². The molecular formula is C12H17BrFNO4S. The Bertz CT molecular complexity index is 532. The van der Waals surface area contributed by atoms with Crippen molar-refractivity contribution in [2.75, 3.05) is 19.8 Å². The molecule has 0 aliphatic carbocycles. The normalized spacial score (nSPS) is 12.1. The number of rotatable bonds is 8. The largest absolute Gasteiger partial charge is 0.352 e. The summed E-state index contributed by atoms with van der Waals surface area (Å²) in [6.45, 7) is 4.24. The monoisotopic (exact) mass is 369 g/mol. The van der Waals surface area contributed by atoms with E-state index >= 15 is 0 Å². The molecule has 0 heterocycles. The molecule has 20 heavy (non-hydrogen) atoms. The van der Waals surface area contributed by atoms with Crippen molar-refractivity contribution in [3.63, 3.8) is 0 Å². The van der Waals surface area contributed by atoms with Crippen LogP contribution in [0, 0.1) is 5.82 Å². The molecule has 0 aliphatic heterocycles. The number of nitrogens with one attached hydrogen (secondary N) is 1. The van der Waals surface area contributed by atoms with E-state index in [-0.39, 0.29) is 6.54 Å². The standard InChI is InChI=1S/C12H17BrFNO4S/c1-3-18-12(19-4-2)8-15-20(16,17)11-6-5-9(13)7-10(11)14/h5-7,12,15H,3-4,8H2,1-2H3. The molecule has 5 nitrogen and oxygen atoms in total. The maximum absolute atomic E-state index is 13.7.